The number of hydrogen-bond acceptors (Lipinski definition) is 4. The maximum atomic E-state index is 13.3. The van der Waals surface area contributed by atoms with Crippen LogP contribution >= 0.6 is 0 Å². The summed E-state index contributed by atoms with van der Waals surface area (Å²) in [4.78, 5) is 24.4. The van der Waals surface area contributed by atoms with Crippen molar-refractivity contribution in [3.05, 3.63) is 77.7 Å². The number of rotatable bonds is 4. The summed E-state index contributed by atoms with van der Waals surface area (Å²) in [5, 5.41) is 3.33. The number of aromatic nitrogens is 2. The zero-order valence-electron chi connectivity index (χ0n) is 18.0. The monoisotopic (exact) mass is 430 g/mol. The summed E-state index contributed by atoms with van der Waals surface area (Å²) in [6, 6.07) is 16.6. The Balaban J connectivity index is 1.28. The number of aryl methyl sites for hydroxylation is 1. The second kappa shape index (κ2) is 9.07. The predicted octanol–water partition coefficient (Wildman–Crippen LogP) is 4.69. The van der Waals surface area contributed by atoms with Gasteiger partial charge in [0.1, 0.15) is 11.6 Å². The van der Waals surface area contributed by atoms with Crippen molar-refractivity contribution in [2.75, 3.05) is 18.0 Å². The molecular weight excluding hydrogens is 403 g/mol. The lowest BCUT2D eigenvalue weighted by atomic mass is 9.87. The van der Waals surface area contributed by atoms with Gasteiger partial charge in [-0.05, 0) is 73.6 Å². The fraction of sp³-hybridized carbons (Fsp3) is 0.346. The summed E-state index contributed by atoms with van der Waals surface area (Å²) >= 11 is 0. The normalized spacial score (nSPS) is 20.5. The van der Waals surface area contributed by atoms with E-state index in [2.05, 4.69) is 39.5 Å². The summed E-state index contributed by atoms with van der Waals surface area (Å²) in [5.41, 5.74) is 3.39. The van der Waals surface area contributed by atoms with Gasteiger partial charge in [0.2, 0.25) is 5.91 Å². The van der Waals surface area contributed by atoms with Gasteiger partial charge >= 0.3 is 0 Å². The third-order valence-corrected chi connectivity index (χ3v) is 6.55. The number of carbonyl (C=O) groups excluding carboxylic acids is 1. The van der Waals surface area contributed by atoms with Crippen molar-refractivity contribution in [3.63, 3.8) is 0 Å². The second-order valence-electron chi connectivity index (χ2n) is 8.68. The van der Waals surface area contributed by atoms with E-state index in [4.69, 9.17) is 4.98 Å². The van der Waals surface area contributed by atoms with Crippen molar-refractivity contribution in [2.45, 2.75) is 38.1 Å². The first-order chi connectivity index (χ1) is 15.7. The van der Waals surface area contributed by atoms with Crippen molar-refractivity contribution in [2.24, 2.45) is 5.92 Å². The molecule has 5 nitrogen and oxygen atoms in total. The Morgan fingerprint density at radius 2 is 1.88 bits per heavy atom. The van der Waals surface area contributed by atoms with Crippen LogP contribution in [0.1, 0.15) is 42.9 Å². The van der Waals surface area contributed by atoms with E-state index in [1.54, 1.807) is 18.3 Å². The first-order valence-corrected chi connectivity index (χ1v) is 11.4. The third-order valence-electron chi connectivity index (χ3n) is 6.55. The van der Waals surface area contributed by atoms with E-state index in [0.717, 1.165) is 50.0 Å². The Labute approximate surface area is 187 Å². The molecule has 2 heterocycles. The molecule has 0 spiro atoms. The number of piperidine rings is 1. The van der Waals surface area contributed by atoms with E-state index in [-0.39, 0.29) is 23.7 Å². The van der Waals surface area contributed by atoms with Gasteiger partial charge in [0.05, 0.1) is 12.0 Å². The van der Waals surface area contributed by atoms with E-state index >= 15 is 0 Å². The molecule has 1 aliphatic heterocycles. The summed E-state index contributed by atoms with van der Waals surface area (Å²) in [6.07, 6.45) is 6.73. The smallest absolute Gasteiger partial charge is 0.225 e. The van der Waals surface area contributed by atoms with Gasteiger partial charge in [-0.3, -0.25) is 4.79 Å². The number of amides is 1. The Hall–Kier alpha value is -3.28. The maximum Gasteiger partial charge on any atom is 0.225 e. The van der Waals surface area contributed by atoms with E-state index in [0.29, 0.717) is 12.4 Å². The number of nitrogens with zero attached hydrogens (tertiary/aromatic N) is 3. The lowest BCUT2D eigenvalue weighted by Crippen LogP contribution is -2.44. The van der Waals surface area contributed by atoms with Crippen LogP contribution in [0.3, 0.4) is 0 Å². The molecule has 3 aromatic rings. The van der Waals surface area contributed by atoms with Crippen molar-refractivity contribution < 1.29 is 9.18 Å². The quantitative estimate of drug-likeness (QED) is 0.652. The van der Waals surface area contributed by atoms with Crippen LogP contribution in [0.25, 0.3) is 11.4 Å². The summed E-state index contributed by atoms with van der Waals surface area (Å²) < 4.78 is 13.3. The van der Waals surface area contributed by atoms with Crippen LogP contribution in [0, 0.1) is 11.7 Å². The minimum atomic E-state index is -0.282. The van der Waals surface area contributed by atoms with Crippen molar-refractivity contribution in [1.82, 2.24) is 15.3 Å². The Kier molecular flexibility index (Phi) is 5.84. The van der Waals surface area contributed by atoms with Gasteiger partial charge in [-0.2, -0.15) is 0 Å². The van der Waals surface area contributed by atoms with Gasteiger partial charge in [0.15, 0.2) is 5.82 Å². The predicted molar refractivity (Wildman–Crippen MR) is 123 cm³/mol. The molecular formula is C26H27FN4O. The molecule has 1 N–H and O–H groups in total. The number of carbonyl (C=O) groups is 1. The first kappa shape index (κ1) is 20.6. The largest absolute Gasteiger partial charge is 0.356 e. The number of anilines is 1. The standard InChI is InChI=1S/C26H27FN4O/c27-21-12-10-19(11-13-21)25-28-15-14-24(30-25)31-16-4-7-20(17-31)26(32)29-23-9-3-6-18-5-1-2-8-22(18)23/h1-2,5,8,10-15,20,23H,3-4,6-7,9,16-17H2,(H,29,32)/t20-,23+/m0/s1. The van der Waals surface area contributed by atoms with Crippen LogP contribution in [0.15, 0.2) is 60.8 Å². The van der Waals surface area contributed by atoms with E-state index < -0.39 is 0 Å². The summed E-state index contributed by atoms with van der Waals surface area (Å²) in [6.45, 7) is 1.50. The van der Waals surface area contributed by atoms with Crippen LogP contribution in [0.4, 0.5) is 10.2 Å². The molecule has 1 aromatic heterocycles. The number of fused-ring (bicyclic) bond motifs is 1. The zero-order valence-corrected chi connectivity index (χ0v) is 18.0. The Morgan fingerprint density at radius 1 is 1.03 bits per heavy atom. The Bertz CT molecular complexity index is 1100. The van der Waals surface area contributed by atoms with Gasteiger partial charge in [0, 0.05) is 24.8 Å². The van der Waals surface area contributed by atoms with Gasteiger partial charge < -0.3 is 10.2 Å². The highest BCUT2D eigenvalue weighted by Crippen LogP contribution is 2.31. The molecule has 1 amide bonds. The van der Waals surface area contributed by atoms with E-state index in [9.17, 15) is 9.18 Å². The first-order valence-electron chi connectivity index (χ1n) is 11.4. The average molecular weight is 431 g/mol. The van der Waals surface area contributed by atoms with Gasteiger partial charge in [-0.25, -0.2) is 14.4 Å². The molecule has 2 aliphatic rings. The van der Waals surface area contributed by atoms with Crippen molar-refractivity contribution in [3.8, 4) is 11.4 Å². The number of halogens is 1. The molecule has 32 heavy (non-hydrogen) atoms. The summed E-state index contributed by atoms with van der Waals surface area (Å²) in [5.74, 6) is 1.15. The van der Waals surface area contributed by atoms with E-state index in [1.807, 2.05) is 6.07 Å². The number of benzene rings is 2. The molecule has 5 rings (SSSR count). The van der Waals surface area contributed by atoms with Crippen LogP contribution in [-0.2, 0) is 11.2 Å². The van der Waals surface area contributed by atoms with Crippen LogP contribution < -0.4 is 10.2 Å². The van der Waals surface area contributed by atoms with Crippen LogP contribution in [-0.4, -0.2) is 29.0 Å². The fourth-order valence-electron chi connectivity index (χ4n) is 4.86. The fourth-order valence-corrected chi connectivity index (χ4v) is 4.86. The molecule has 0 saturated carbocycles. The highest BCUT2D eigenvalue weighted by Gasteiger charge is 2.29. The highest BCUT2D eigenvalue weighted by molar-refractivity contribution is 5.80. The van der Waals surface area contributed by atoms with Crippen molar-refractivity contribution >= 4 is 11.7 Å². The molecule has 1 fully saturated rings. The molecule has 164 valence electrons. The molecule has 2 atom stereocenters. The molecule has 6 heteroatoms. The lowest BCUT2D eigenvalue weighted by Gasteiger charge is -2.34. The van der Waals surface area contributed by atoms with E-state index in [1.165, 1.54) is 23.3 Å². The molecule has 2 aromatic carbocycles. The number of nitrogens with one attached hydrogen (secondary N) is 1. The molecule has 0 radical (unpaired) electrons. The molecule has 1 saturated heterocycles. The molecule has 0 bridgehead atoms. The summed E-state index contributed by atoms with van der Waals surface area (Å²) in [7, 11) is 0. The van der Waals surface area contributed by atoms with Crippen LogP contribution in [0.2, 0.25) is 0 Å². The minimum absolute atomic E-state index is 0.0675. The molecule has 1 aliphatic carbocycles. The zero-order chi connectivity index (χ0) is 21.9. The van der Waals surface area contributed by atoms with Crippen LogP contribution in [0.5, 0.6) is 0 Å². The second-order valence-corrected chi connectivity index (χ2v) is 8.68. The number of hydrogen-bond donors (Lipinski definition) is 1. The topological polar surface area (TPSA) is 58.1 Å². The highest BCUT2D eigenvalue weighted by atomic mass is 19.1. The van der Waals surface area contributed by atoms with Gasteiger partial charge in [0.25, 0.3) is 0 Å². The SMILES string of the molecule is O=C(N[C@@H]1CCCc2ccccc21)[C@H]1CCCN(c2ccnc(-c3ccc(F)cc3)n2)C1. The van der Waals surface area contributed by atoms with Gasteiger partial charge in [-0.1, -0.05) is 24.3 Å². The molecule has 0 unspecified atom stereocenters. The average Bonchev–Trinajstić information content (AvgIpc) is 2.85. The maximum absolute atomic E-state index is 13.3. The van der Waals surface area contributed by atoms with Crippen molar-refractivity contribution in [1.29, 1.82) is 0 Å². The lowest BCUT2D eigenvalue weighted by molar-refractivity contribution is -0.126. The third kappa shape index (κ3) is 4.35. The van der Waals surface area contributed by atoms with Gasteiger partial charge in [-0.15, -0.1) is 0 Å². The minimum Gasteiger partial charge on any atom is -0.356 e. The Morgan fingerprint density at radius 3 is 2.75 bits per heavy atom.